The van der Waals surface area contributed by atoms with Crippen molar-refractivity contribution < 1.29 is 18.3 Å². The van der Waals surface area contributed by atoms with Gasteiger partial charge in [0.25, 0.3) is 0 Å². The van der Waals surface area contributed by atoms with Crippen LogP contribution >= 0.6 is 0 Å². The minimum atomic E-state index is -0.400. The molecule has 0 unspecified atom stereocenters. The lowest BCUT2D eigenvalue weighted by Gasteiger charge is -2.03. The van der Waals surface area contributed by atoms with Crippen molar-refractivity contribution in [1.82, 2.24) is 10.3 Å². The van der Waals surface area contributed by atoms with Crippen molar-refractivity contribution in [2.75, 3.05) is 20.3 Å². The van der Waals surface area contributed by atoms with Gasteiger partial charge < -0.3 is 14.5 Å². The third-order valence-electron chi connectivity index (χ3n) is 3.42. The highest BCUT2D eigenvalue weighted by Crippen LogP contribution is 2.24. The van der Waals surface area contributed by atoms with Gasteiger partial charge in [0, 0.05) is 20.3 Å². The monoisotopic (exact) mass is 320 g/mol. The summed E-state index contributed by atoms with van der Waals surface area (Å²) >= 11 is 0. The van der Waals surface area contributed by atoms with Gasteiger partial charge in [0.2, 0.25) is 11.8 Å². The first-order chi connectivity index (χ1) is 11.1. The summed E-state index contributed by atoms with van der Waals surface area (Å²) in [7, 11) is 1.65. The number of aryl methyl sites for hydroxylation is 1. The molecule has 1 heterocycles. The van der Waals surface area contributed by atoms with Crippen LogP contribution in [0.15, 0.2) is 28.7 Å². The quantitative estimate of drug-likeness (QED) is 0.760. The largest absolute Gasteiger partial charge is 0.441 e. The topological polar surface area (TPSA) is 64.4 Å². The molecule has 0 saturated carbocycles. The number of ether oxygens (including phenoxy) is 1. The maximum atomic E-state index is 13.8. The molecule has 23 heavy (non-hydrogen) atoms. The maximum Gasteiger partial charge on any atom is 0.229 e. The number of amides is 1. The van der Waals surface area contributed by atoms with E-state index >= 15 is 0 Å². The van der Waals surface area contributed by atoms with E-state index in [-0.39, 0.29) is 18.2 Å². The minimum Gasteiger partial charge on any atom is -0.441 e. The van der Waals surface area contributed by atoms with Crippen LogP contribution in [0.3, 0.4) is 0 Å². The van der Waals surface area contributed by atoms with Crippen molar-refractivity contribution in [3.8, 4) is 11.5 Å². The fraction of sp³-hybridized carbons (Fsp3) is 0.412. The van der Waals surface area contributed by atoms with Gasteiger partial charge in [-0.2, -0.15) is 0 Å². The predicted molar refractivity (Wildman–Crippen MR) is 84.5 cm³/mol. The van der Waals surface area contributed by atoms with E-state index in [4.69, 9.17) is 9.15 Å². The number of carbonyl (C=O) groups is 1. The van der Waals surface area contributed by atoms with Gasteiger partial charge in [-0.3, -0.25) is 4.79 Å². The van der Waals surface area contributed by atoms with Crippen LogP contribution < -0.4 is 5.32 Å². The number of unbranched alkanes of at least 4 members (excludes halogenated alkanes) is 1. The van der Waals surface area contributed by atoms with E-state index in [0.29, 0.717) is 30.2 Å². The van der Waals surface area contributed by atoms with Gasteiger partial charge in [0.1, 0.15) is 11.6 Å². The van der Waals surface area contributed by atoms with Crippen molar-refractivity contribution in [3.05, 3.63) is 41.5 Å². The number of rotatable bonds is 8. The zero-order valence-corrected chi connectivity index (χ0v) is 13.4. The van der Waals surface area contributed by atoms with E-state index in [1.165, 1.54) is 6.07 Å². The van der Waals surface area contributed by atoms with Gasteiger partial charge in [-0.05, 0) is 31.9 Å². The van der Waals surface area contributed by atoms with Crippen molar-refractivity contribution in [3.63, 3.8) is 0 Å². The minimum absolute atomic E-state index is 0.119. The Morgan fingerprint density at radius 3 is 2.87 bits per heavy atom. The first-order valence-corrected chi connectivity index (χ1v) is 7.58. The van der Waals surface area contributed by atoms with Crippen molar-refractivity contribution in [1.29, 1.82) is 0 Å². The molecule has 0 saturated heterocycles. The number of nitrogens with one attached hydrogen (secondary N) is 1. The average molecular weight is 320 g/mol. The molecule has 0 fully saturated rings. The van der Waals surface area contributed by atoms with Crippen molar-refractivity contribution in [2.24, 2.45) is 0 Å². The van der Waals surface area contributed by atoms with E-state index in [0.717, 1.165) is 12.8 Å². The predicted octanol–water partition coefficient (Wildman–Crippen LogP) is 2.87. The van der Waals surface area contributed by atoms with E-state index in [9.17, 15) is 9.18 Å². The van der Waals surface area contributed by atoms with Gasteiger partial charge in [-0.1, -0.05) is 12.1 Å². The second-order valence-electron chi connectivity index (χ2n) is 5.23. The third kappa shape index (κ3) is 4.89. The van der Waals surface area contributed by atoms with Gasteiger partial charge in [-0.25, -0.2) is 9.37 Å². The number of carbonyl (C=O) groups excluding carboxylic acids is 1. The molecule has 0 aliphatic rings. The summed E-state index contributed by atoms with van der Waals surface area (Å²) in [6.45, 7) is 3.00. The zero-order chi connectivity index (χ0) is 16.7. The SMILES string of the molecule is COCCCCNC(=O)Cc1nc(-c2ccccc2F)oc1C. The molecule has 0 radical (unpaired) electrons. The Morgan fingerprint density at radius 2 is 2.13 bits per heavy atom. The van der Waals surface area contributed by atoms with Gasteiger partial charge in [-0.15, -0.1) is 0 Å². The molecule has 124 valence electrons. The highest BCUT2D eigenvalue weighted by atomic mass is 19.1. The zero-order valence-electron chi connectivity index (χ0n) is 13.4. The molecule has 0 aliphatic carbocycles. The van der Waals surface area contributed by atoms with Crippen molar-refractivity contribution >= 4 is 5.91 Å². The molecular formula is C17H21FN2O3. The number of nitrogens with zero attached hydrogens (tertiary/aromatic N) is 1. The fourth-order valence-corrected chi connectivity index (χ4v) is 2.16. The number of halogens is 1. The van der Waals surface area contributed by atoms with Crippen LogP contribution in [0, 0.1) is 12.7 Å². The van der Waals surface area contributed by atoms with Crippen LogP contribution in [-0.4, -0.2) is 31.2 Å². The summed E-state index contributed by atoms with van der Waals surface area (Å²) in [6.07, 6.45) is 1.88. The Kier molecular flexibility index (Phi) is 6.29. The first kappa shape index (κ1) is 17.1. The summed E-state index contributed by atoms with van der Waals surface area (Å²) in [6, 6.07) is 6.26. The number of hydrogen-bond donors (Lipinski definition) is 1. The standard InChI is InChI=1S/C17H21FN2O3/c1-12-15(11-16(21)19-9-5-6-10-22-2)20-17(23-12)13-7-3-4-8-14(13)18/h3-4,7-8H,5-6,9-11H2,1-2H3,(H,19,21). The Labute approximate surface area is 134 Å². The molecule has 2 rings (SSSR count). The van der Waals surface area contributed by atoms with Crippen LogP contribution in [0.5, 0.6) is 0 Å². The van der Waals surface area contributed by atoms with Crippen LogP contribution in [0.4, 0.5) is 4.39 Å². The van der Waals surface area contributed by atoms with E-state index in [1.54, 1.807) is 32.2 Å². The maximum absolute atomic E-state index is 13.8. The van der Waals surface area contributed by atoms with Crippen LogP contribution in [0.1, 0.15) is 24.3 Å². The molecule has 5 nitrogen and oxygen atoms in total. The molecule has 0 atom stereocenters. The van der Waals surface area contributed by atoms with Crippen LogP contribution in [0.2, 0.25) is 0 Å². The lowest BCUT2D eigenvalue weighted by atomic mass is 10.2. The smallest absolute Gasteiger partial charge is 0.229 e. The number of hydrogen-bond acceptors (Lipinski definition) is 4. The Bertz CT molecular complexity index is 655. The molecule has 0 spiro atoms. The molecule has 1 N–H and O–H groups in total. The molecule has 2 aromatic rings. The summed E-state index contributed by atoms with van der Waals surface area (Å²) in [5.74, 6) is 0.197. The van der Waals surface area contributed by atoms with E-state index in [2.05, 4.69) is 10.3 Å². The Balaban J connectivity index is 1.94. The first-order valence-electron chi connectivity index (χ1n) is 7.58. The normalized spacial score (nSPS) is 10.7. The Morgan fingerprint density at radius 1 is 1.35 bits per heavy atom. The number of oxazole rings is 1. The number of benzene rings is 1. The summed E-state index contributed by atoms with van der Waals surface area (Å²) in [4.78, 5) is 16.2. The summed E-state index contributed by atoms with van der Waals surface area (Å²) in [5.41, 5.74) is 0.819. The fourth-order valence-electron chi connectivity index (χ4n) is 2.16. The lowest BCUT2D eigenvalue weighted by molar-refractivity contribution is -0.120. The van der Waals surface area contributed by atoms with E-state index in [1.807, 2.05) is 0 Å². The second kappa shape index (κ2) is 8.43. The molecular weight excluding hydrogens is 299 g/mol. The van der Waals surface area contributed by atoms with Crippen LogP contribution in [0.25, 0.3) is 11.5 Å². The number of methoxy groups -OCH3 is 1. The van der Waals surface area contributed by atoms with Gasteiger partial charge in [0.15, 0.2) is 0 Å². The molecule has 0 bridgehead atoms. The molecule has 1 amide bonds. The third-order valence-corrected chi connectivity index (χ3v) is 3.42. The summed E-state index contributed by atoms with van der Waals surface area (Å²) < 4.78 is 24.2. The van der Waals surface area contributed by atoms with Crippen LogP contribution in [-0.2, 0) is 16.0 Å². The van der Waals surface area contributed by atoms with E-state index < -0.39 is 5.82 Å². The molecule has 6 heteroatoms. The van der Waals surface area contributed by atoms with Crippen molar-refractivity contribution in [2.45, 2.75) is 26.2 Å². The van der Waals surface area contributed by atoms with Gasteiger partial charge >= 0.3 is 0 Å². The second-order valence-corrected chi connectivity index (χ2v) is 5.23. The highest BCUT2D eigenvalue weighted by molar-refractivity contribution is 5.78. The molecule has 1 aromatic heterocycles. The Hall–Kier alpha value is -2.21. The molecule has 0 aliphatic heterocycles. The average Bonchev–Trinajstić information content (AvgIpc) is 2.88. The number of aromatic nitrogens is 1. The van der Waals surface area contributed by atoms with Gasteiger partial charge in [0.05, 0.1) is 17.7 Å². The highest BCUT2D eigenvalue weighted by Gasteiger charge is 2.16. The lowest BCUT2D eigenvalue weighted by Crippen LogP contribution is -2.26. The molecule has 1 aromatic carbocycles. The summed E-state index contributed by atoms with van der Waals surface area (Å²) in [5, 5.41) is 2.83.